The number of hydrogen-bond acceptors (Lipinski definition) is 5. The molecule has 0 atom stereocenters. The molecule has 5 nitrogen and oxygen atoms in total. The number of nitrogens with zero attached hydrogens (tertiary/aromatic N) is 1. The van der Waals surface area contributed by atoms with Gasteiger partial charge in [-0.3, -0.25) is 4.79 Å². The first-order chi connectivity index (χ1) is 11.6. The maximum atomic E-state index is 12.1. The van der Waals surface area contributed by atoms with Gasteiger partial charge in [0.15, 0.2) is 0 Å². The lowest BCUT2D eigenvalue weighted by molar-refractivity contribution is -0.134. The van der Waals surface area contributed by atoms with Gasteiger partial charge >= 0.3 is 5.97 Å². The molecule has 0 fully saturated rings. The molecule has 0 spiro atoms. The highest BCUT2D eigenvalue weighted by Crippen LogP contribution is 2.25. The fourth-order valence-corrected chi connectivity index (χ4v) is 2.66. The van der Waals surface area contributed by atoms with Crippen LogP contribution in [0.1, 0.15) is 23.4 Å². The Morgan fingerprint density at radius 3 is 2.46 bits per heavy atom. The predicted octanol–water partition coefficient (Wildman–Crippen LogP) is 3.99. The highest BCUT2D eigenvalue weighted by molar-refractivity contribution is 5.86. The van der Waals surface area contributed by atoms with Crippen molar-refractivity contribution in [2.45, 2.75) is 26.7 Å². The second-order valence-electron chi connectivity index (χ2n) is 5.65. The van der Waals surface area contributed by atoms with Gasteiger partial charge in [0.25, 0.3) is 0 Å². The summed E-state index contributed by atoms with van der Waals surface area (Å²) in [5.41, 5.74) is 1.79. The van der Waals surface area contributed by atoms with Crippen molar-refractivity contribution in [1.82, 2.24) is 5.16 Å². The maximum Gasteiger partial charge on any atom is 0.311 e. The van der Waals surface area contributed by atoms with Gasteiger partial charge in [0.05, 0.1) is 19.2 Å². The van der Waals surface area contributed by atoms with Crippen LogP contribution < -0.4 is 9.47 Å². The average Bonchev–Trinajstić information content (AvgIpc) is 2.90. The van der Waals surface area contributed by atoms with Crippen molar-refractivity contribution in [3.8, 4) is 11.5 Å². The van der Waals surface area contributed by atoms with Crippen LogP contribution in [-0.2, 0) is 11.2 Å². The lowest BCUT2D eigenvalue weighted by Crippen LogP contribution is -2.09. The van der Waals surface area contributed by atoms with Crippen LogP contribution in [0.3, 0.4) is 0 Å². The summed E-state index contributed by atoms with van der Waals surface area (Å²) >= 11 is 0. The van der Waals surface area contributed by atoms with Gasteiger partial charge in [0, 0.05) is 5.56 Å². The Balaban J connectivity index is 1.68. The molecule has 1 aromatic heterocycles. The minimum Gasteiger partial charge on any atom is -0.497 e. The Morgan fingerprint density at radius 1 is 1.08 bits per heavy atom. The van der Waals surface area contributed by atoms with Crippen molar-refractivity contribution in [2.75, 3.05) is 7.11 Å². The zero-order valence-electron chi connectivity index (χ0n) is 14.0. The van der Waals surface area contributed by atoms with E-state index in [0.29, 0.717) is 12.2 Å². The molecule has 3 aromatic rings. The zero-order valence-corrected chi connectivity index (χ0v) is 14.0. The quantitative estimate of drug-likeness (QED) is 0.524. The molecule has 24 heavy (non-hydrogen) atoms. The van der Waals surface area contributed by atoms with Crippen molar-refractivity contribution in [3.05, 3.63) is 53.4 Å². The van der Waals surface area contributed by atoms with Crippen molar-refractivity contribution in [2.24, 2.45) is 0 Å². The number of rotatable bonds is 5. The topological polar surface area (TPSA) is 61.6 Å². The van der Waals surface area contributed by atoms with Crippen LogP contribution in [0.5, 0.6) is 11.5 Å². The van der Waals surface area contributed by atoms with Gasteiger partial charge in [-0.2, -0.15) is 0 Å². The number of aryl methyl sites for hydroxylation is 2. The summed E-state index contributed by atoms with van der Waals surface area (Å²) in [5, 5.41) is 5.91. The number of benzene rings is 2. The van der Waals surface area contributed by atoms with E-state index in [4.69, 9.17) is 14.0 Å². The molecule has 0 aliphatic heterocycles. The molecule has 1 heterocycles. The summed E-state index contributed by atoms with van der Waals surface area (Å²) in [4.78, 5) is 12.1. The molecular formula is C19H19NO4. The number of ether oxygens (including phenoxy) is 2. The van der Waals surface area contributed by atoms with Gasteiger partial charge in [0.2, 0.25) is 0 Å². The van der Waals surface area contributed by atoms with E-state index >= 15 is 0 Å². The van der Waals surface area contributed by atoms with Crippen LogP contribution in [0.15, 0.2) is 40.9 Å². The highest BCUT2D eigenvalue weighted by atomic mass is 16.5. The first-order valence-electron chi connectivity index (χ1n) is 7.77. The molecule has 0 amide bonds. The Kier molecular flexibility index (Phi) is 4.51. The van der Waals surface area contributed by atoms with Crippen LogP contribution in [0.25, 0.3) is 10.8 Å². The van der Waals surface area contributed by atoms with Crippen LogP contribution in [0.2, 0.25) is 0 Å². The Hall–Kier alpha value is -2.82. The molecule has 0 N–H and O–H groups in total. The lowest BCUT2D eigenvalue weighted by atomic mass is 10.1. The van der Waals surface area contributed by atoms with Crippen molar-refractivity contribution in [1.29, 1.82) is 0 Å². The summed E-state index contributed by atoms with van der Waals surface area (Å²) in [5.74, 6) is 1.76. The Bertz CT molecular complexity index is 863. The molecule has 0 bridgehead atoms. The first-order valence-corrected chi connectivity index (χ1v) is 7.77. The third kappa shape index (κ3) is 3.40. The number of aromatic nitrogens is 1. The van der Waals surface area contributed by atoms with E-state index in [1.54, 1.807) is 13.2 Å². The monoisotopic (exact) mass is 325 g/mol. The normalized spacial score (nSPS) is 10.8. The molecule has 0 aliphatic rings. The summed E-state index contributed by atoms with van der Waals surface area (Å²) in [6.45, 7) is 3.71. The smallest absolute Gasteiger partial charge is 0.311 e. The van der Waals surface area contributed by atoms with E-state index in [1.165, 1.54) is 0 Å². The molecule has 0 saturated heterocycles. The number of methoxy groups -OCH3 is 1. The average molecular weight is 325 g/mol. The Labute approximate surface area is 140 Å². The zero-order chi connectivity index (χ0) is 17.1. The second-order valence-corrected chi connectivity index (χ2v) is 5.65. The van der Waals surface area contributed by atoms with Crippen molar-refractivity contribution in [3.63, 3.8) is 0 Å². The van der Waals surface area contributed by atoms with E-state index in [0.717, 1.165) is 33.5 Å². The predicted molar refractivity (Wildman–Crippen MR) is 90.4 cm³/mol. The van der Waals surface area contributed by atoms with Crippen molar-refractivity contribution >= 4 is 16.7 Å². The molecule has 2 aromatic carbocycles. The van der Waals surface area contributed by atoms with E-state index < -0.39 is 0 Å². The number of fused-ring (bicyclic) bond motifs is 1. The summed E-state index contributed by atoms with van der Waals surface area (Å²) in [7, 11) is 1.62. The van der Waals surface area contributed by atoms with Gasteiger partial charge in [-0.1, -0.05) is 17.3 Å². The number of carbonyl (C=O) groups is 1. The van der Waals surface area contributed by atoms with Gasteiger partial charge in [-0.25, -0.2) is 0 Å². The van der Waals surface area contributed by atoms with Crippen LogP contribution in [0.4, 0.5) is 0 Å². The van der Waals surface area contributed by atoms with E-state index in [-0.39, 0.29) is 12.4 Å². The third-order valence-electron chi connectivity index (χ3n) is 4.01. The fraction of sp³-hybridized carbons (Fsp3) is 0.263. The second kappa shape index (κ2) is 6.74. The summed E-state index contributed by atoms with van der Waals surface area (Å²) in [6, 6.07) is 11.3. The standard InChI is InChI=1S/C19H19NO4/c1-12-18(13(2)24-20-12)8-9-19(21)23-17-7-5-14-4-6-16(22-3)10-15(14)11-17/h4-7,10-11H,8-9H2,1-3H3. The van der Waals surface area contributed by atoms with Crippen LogP contribution in [-0.4, -0.2) is 18.2 Å². The van der Waals surface area contributed by atoms with Gasteiger partial charge in [-0.15, -0.1) is 0 Å². The summed E-state index contributed by atoms with van der Waals surface area (Å²) < 4.78 is 15.8. The molecular weight excluding hydrogens is 306 g/mol. The lowest BCUT2D eigenvalue weighted by Gasteiger charge is -2.07. The van der Waals surface area contributed by atoms with E-state index in [1.807, 2.05) is 44.2 Å². The Morgan fingerprint density at radius 2 is 1.79 bits per heavy atom. The molecule has 5 heteroatoms. The van der Waals surface area contributed by atoms with E-state index in [9.17, 15) is 4.79 Å². The molecule has 0 aliphatic carbocycles. The summed E-state index contributed by atoms with van der Waals surface area (Å²) in [6.07, 6.45) is 0.834. The van der Waals surface area contributed by atoms with Crippen molar-refractivity contribution < 1.29 is 18.8 Å². The molecule has 0 unspecified atom stereocenters. The molecule has 124 valence electrons. The maximum absolute atomic E-state index is 12.1. The minimum absolute atomic E-state index is 0.277. The van der Waals surface area contributed by atoms with E-state index in [2.05, 4.69) is 5.16 Å². The molecule has 0 saturated carbocycles. The fourth-order valence-electron chi connectivity index (χ4n) is 2.66. The van der Waals surface area contributed by atoms with Crippen LogP contribution in [0, 0.1) is 13.8 Å². The number of esters is 1. The molecule has 0 radical (unpaired) electrons. The minimum atomic E-state index is -0.280. The van der Waals surface area contributed by atoms with Crippen LogP contribution >= 0.6 is 0 Å². The molecule has 3 rings (SSSR count). The first kappa shape index (κ1) is 16.1. The van der Waals surface area contributed by atoms with Gasteiger partial charge in [-0.05, 0) is 55.3 Å². The highest BCUT2D eigenvalue weighted by Gasteiger charge is 2.12. The van der Waals surface area contributed by atoms with Gasteiger partial charge < -0.3 is 14.0 Å². The van der Waals surface area contributed by atoms with Gasteiger partial charge in [0.1, 0.15) is 17.3 Å². The number of hydrogen-bond donors (Lipinski definition) is 0. The third-order valence-corrected chi connectivity index (χ3v) is 4.01. The number of carbonyl (C=O) groups excluding carboxylic acids is 1. The SMILES string of the molecule is COc1ccc2ccc(OC(=O)CCc3c(C)noc3C)cc2c1. The largest absolute Gasteiger partial charge is 0.497 e.